The fourth-order valence-corrected chi connectivity index (χ4v) is 9.36. The summed E-state index contributed by atoms with van der Waals surface area (Å²) in [5, 5.41) is 14.6. The van der Waals surface area contributed by atoms with Gasteiger partial charge in [-0.15, -0.1) is 0 Å². The van der Waals surface area contributed by atoms with Gasteiger partial charge in [0.15, 0.2) is 6.23 Å². The molecule has 2 unspecified atom stereocenters. The average Bonchev–Trinajstić information content (AvgIpc) is 3.51. The third kappa shape index (κ3) is 8.19. The van der Waals surface area contributed by atoms with Gasteiger partial charge in [-0.05, 0) is 79.9 Å². The molecule has 0 bridgehead atoms. The first-order valence-electron chi connectivity index (χ1n) is 20.9. The molecule has 61 heavy (non-hydrogen) atoms. The number of hydrogen-bond donors (Lipinski definition) is 2. The number of nitrogens with zero attached hydrogens (tertiary/aromatic N) is 6. The summed E-state index contributed by atoms with van der Waals surface area (Å²) >= 11 is 0. The number of aliphatic hydroxyl groups excluding tert-OH is 1. The summed E-state index contributed by atoms with van der Waals surface area (Å²) in [6, 6.07) is 10.2. The van der Waals surface area contributed by atoms with Gasteiger partial charge in [0.2, 0.25) is 17.7 Å². The molecule has 2 aromatic heterocycles. The zero-order valence-electron chi connectivity index (χ0n) is 35.1. The number of hydrogen-bond acceptors (Lipinski definition) is 12. The topological polar surface area (TPSA) is 176 Å². The highest BCUT2D eigenvalue weighted by Crippen LogP contribution is 2.40. The van der Waals surface area contributed by atoms with Gasteiger partial charge in [0, 0.05) is 94.1 Å². The van der Waals surface area contributed by atoms with Crippen LogP contribution in [-0.4, -0.2) is 125 Å². The van der Waals surface area contributed by atoms with Crippen molar-refractivity contribution in [3.63, 3.8) is 0 Å². The lowest BCUT2D eigenvalue weighted by Crippen LogP contribution is -2.57. The van der Waals surface area contributed by atoms with Gasteiger partial charge in [-0.1, -0.05) is 6.07 Å². The molecular weight excluding hydrogens is 783 g/mol. The first-order chi connectivity index (χ1) is 29.4. The van der Waals surface area contributed by atoms with Gasteiger partial charge < -0.3 is 33.7 Å². The van der Waals surface area contributed by atoms with Crippen LogP contribution in [0.3, 0.4) is 0 Å². The van der Waals surface area contributed by atoms with E-state index in [0.29, 0.717) is 47.6 Å². The van der Waals surface area contributed by atoms with Crippen molar-refractivity contribution in [3.8, 4) is 22.6 Å². The van der Waals surface area contributed by atoms with Crippen molar-refractivity contribution in [1.82, 2.24) is 29.6 Å². The number of imide groups is 1. The predicted molar refractivity (Wildman–Crippen MR) is 226 cm³/mol. The molecule has 16 nitrogen and oxygen atoms in total. The quantitative estimate of drug-likeness (QED) is 0.158. The van der Waals surface area contributed by atoms with E-state index < -0.39 is 24.1 Å². The van der Waals surface area contributed by atoms with E-state index in [2.05, 4.69) is 20.1 Å². The van der Waals surface area contributed by atoms with E-state index in [-0.39, 0.29) is 35.8 Å². The van der Waals surface area contributed by atoms with Crippen LogP contribution in [0.5, 0.6) is 11.5 Å². The monoisotopic (exact) mass is 835 g/mol. The number of aromatic nitrogens is 2. The van der Waals surface area contributed by atoms with Crippen molar-refractivity contribution in [2.45, 2.75) is 69.4 Å². The smallest absolute Gasteiger partial charge is 0.259 e. The number of nitrogens with one attached hydrogen (secondary N) is 1. The van der Waals surface area contributed by atoms with Crippen LogP contribution in [0, 0.1) is 0 Å². The maximum Gasteiger partial charge on any atom is 0.259 e. The summed E-state index contributed by atoms with van der Waals surface area (Å²) in [5.74, 6) is -0.159. The van der Waals surface area contributed by atoms with Crippen LogP contribution in [0.1, 0.15) is 72.7 Å². The Labute approximate surface area is 354 Å². The van der Waals surface area contributed by atoms with E-state index >= 15 is 0 Å². The lowest BCUT2D eigenvalue weighted by molar-refractivity contribution is -0.139. The predicted octanol–water partition coefficient (Wildman–Crippen LogP) is 3.37. The van der Waals surface area contributed by atoms with Crippen molar-refractivity contribution >= 4 is 40.1 Å². The van der Waals surface area contributed by atoms with Crippen LogP contribution in [0.25, 0.3) is 21.9 Å². The lowest BCUT2D eigenvalue weighted by Gasteiger charge is -2.48. The van der Waals surface area contributed by atoms with Crippen molar-refractivity contribution in [3.05, 3.63) is 82.0 Å². The number of morpholine rings is 1. The summed E-state index contributed by atoms with van der Waals surface area (Å²) < 4.78 is 19.6. The molecule has 0 saturated carbocycles. The van der Waals surface area contributed by atoms with Crippen LogP contribution in [0.2, 0.25) is 0 Å². The largest absolute Gasteiger partial charge is 0.496 e. The van der Waals surface area contributed by atoms with E-state index in [0.717, 1.165) is 86.2 Å². The molecule has 3 fully saturated rings. The van der Waals surface area contributed by atoms with Gasteiger partial charge >= 0.3 is 0 Å². The first-order valence-corrected chi connectivity index (χ1v) is 20.9. The van der Waals surface area contributed by atoms with Crippen LogP contribution < -0.4 is 25.2 Å². The highest BCUT2D eigenvalue weighted by atomic mass is 16.5. The molecule has 0 radical (unpaired) electrons. The van der Waals surface area contributed by atoms with Gasteiger partial charge in [-0.3, -0.25) is 44.1 Å². The minimum Gasteiger partial charge on any atom is -0.496 e. The number of fused-ring (bicyclic) bond motifs is 2. The molecule has 4 aromatic rings. The Balaban J connectivity index is 0.826. The van der Waals surface area contributed by atoms with Crippen molar-refractivity contribution < 1.29 is 38.5 Å². The second-order valence-electron chi connectivity index (χ2n) is 16.6. The highest BCUT2D eigenvalue weighted by molar-refractivity contribution is 6.06. The fraction of sp³-hybridized carbons (Fsp3) is 0.467. The summed E-state index contributed by atoms with van der Waals surface area (Å²) in [6.07, 6.45) is 7.74. The molecule has 8 rings (SSSR count). The molecule has 2 aromatic carbocycles. The third-order valence-electron chi connectivity index (χ3n) is 12.8. The number of pyridine rings is 2. The Morgan fingerprint density at radius 2 is 1.75 bits per heavy atom. The van der Waals surface area contributed by atoms with E-state index in [9.17, 15) is 29.1 Å². The fourth-order valence-electron chi connectivity index (χ4n) is 9.36. The van der Waals surface area contributed by atoms with Gasteiger partial charge in [0.1, 0.15) is 17.5 Å². The number of carbonyl (C=O) groups excluding carboxylic acids is 4. The van der Waals surface area contributed by atoms with Crippen molar-refractivity contribution in [2.24, 2.45) is 7.05 Å². The van der Waals surface area contributed by atoms with Gasteiger partial charge in [-0.2, -0.15) is 0 Å². The molecule has 4 aliphatic heterocycles. The first kappa shape index (κ1) is 41.9. The van der Waals surface area contributed by atoms with E-state index in [1.807, 2.05) is 24.3 Å². The second-order valence-corrected chi connectivity index (χ2v) is 16.6. The number of benzene rings is 2. The Morgan fingerprint density at radius 1 is 1.00 bits per heavy atom. The average molecular weight is 836 g/mol. The molecule has 4 aliphatic rings. The Kier molecular flexibility index (Phi) is 11.9. The minimum atomic E-state index is -1.25. The minimum absolute atomic E-state index is 0.0296. The molecule has 6 heterocycles. The van der Waals surface area contributed by atoms with Crippen molar-refractivity contribution in [1.29, 1.82) is 0 Å². The Bertz CT molecular complexity index is 2400. The number of ether oxygens (including phenoxy) is 3. The number of piperidine rings is 2. The summed E-state index contributed by atoms with van der Waals surface area (Å²) in [7, 11) is 6.69. The number of carbonyl (C=O) groups is 4. The molecule has 2 atom stereocenters. The van der Waals surface area contributed by atoms with Crippen LogP contribution in [0.15, 0.2) is 59.8 Å². The number of unbranched alkanes of at least 4 members (excludes halogenated alkanes) is 1. The number of amides is 4. The maximum absolute atomic E-state index is 13.5. The molecule has 322 valence electrons. The van der Waals surface area contributed by atoms with Crippen LogP contribution in [-0.2, 0) is 32.7 Å². The van der Waals surface area contributed by atoms with Gasteiger partial charge in [-0.25, -0.2) is 0 Å². The number of methoxy groups -OCH3 is 2. The van der Waals surface area contributed by atoms with Gasteiger partial charge in [0.05, 0.1) is 43.9 Å². The number of aliphatic hydroxyl groups is 1. The maximum atomic E-state index is 13.5. The van der Waals surface area contributed by atoms with E-state index in [4.69, 9.17) is 14.2 Å². The summed E-state index contributed by atoms with van der Waals surface area (Å²) in [5.41, 5.74) is 3.72. The summed E-state index contributed by atoms with van der Waals surface area (Å²) in [6.45, 7) is 4.93. The number of aryl methyl sites for hydroxylation is 1. The molecule has 16 heteroatoms. The van der Waals surface area contributed by atoms with Crippen molar-refractivity contribution in [2.75, 3.05) is 65.5 Å². The van der Waals surface area contributed by atoms with E-state index in [1.165, 1.54) is 4.90 Å². The molecule has 4 amide bonds. The Hall–Kier alpha value is -5.84. The summed E-state index contributed by atoms with van der Waals surface area (Å²) in [4.78, 5) is 75.6. The molecule has 3 saturated heterocycles. The molecule has 2 N–H and O–H groups in total. The standard InChI is InChI=1S/C45H53N7O9/c1-48(26-35-37(59-3)21-28(22-38(35)60-4)34-25-49(2)42(56)33-24-46-15-12-30(33)34)40(54)7-5-6-16-50-19-20-61-45(27-50)13-17-51(18-14-45)29-8-9-31-32(23-29)44(58)52(43(31)57)36-10-11-39(53)47-41(36)55/h8-9,12,15,21-25,36,43,57H,5-7,10-11,13-14,16-20,26-27H2,1-4H3,(H,47,53,55). The lowest BCUT2D eigenvalue weighted by atomic mass is 9.88. The zero-order valence-corrected chi connectivity index (χ0v) is 35.1. The molecule has 0 aliphatic carbocycles. The van der Waals surface area contributed by atoms with Crippen LogP contribution in [0.4, 0.5) is 5.69 Å². The van der Waals surface area contributed by atoms with Crippen LogP contribution >= 0.6 is 0 Å². The second kappa shape index (κ2) is 17.3. The highest BCUT2D eigenvalue weighted by Gasteiger charge is 2.45. The van der Waals surface area contributed by atoms with Gasteiger partial charge in [0.25, 0.3) is 11.5 Å². The SMILES string of the molecule is COc1cc(-c2cn(C)c(=O)c3cnccc23)cc(OC)c1CN(C)C(=O)CCCCN1CCOC2(CCN(c3ccc4c(c3)C(=O)N(C3CCC(=O)NC3=O)C4O)CC2)C1. The Morgan fingerprint density at radius 3 is 2.48 bits per heavy atom. The normalized spacial score (nSPS) is 20.2. The van der Waals surface area contributed by atoms with E-state index in [1.54, 1.807) is 68.5 Å². The number of anilines is 1. The third-order valence-corrected chi connectivity index (χ3v) is 12.8. The molecule has 1 spiro atoms. The zero-order chi connectivity index (χ0) is 43.0. The number of rotatable bonds is 12. The molecular formula is C45H53N7O9.